The number of carbonyl (C=O) groups is 2. The molecule has 3 fully saturated rings. The lowest BCUT2D eigenvalue weighted by molar-refractivity contribution is -0.233. The summed E-state index contributed by atoms with van der Waals surface area (Å²) in [5.74, 6) is 1.04. The van der Waals surface area contributed by atoms with Crippen molar-refractivity contribution in [1.82, 2.24) is 4.90 Å². The van der Waals surface area contributed by atoms with Crippen LogP contribution in [0.1, 0.15) is 70.5 Å². The lowest BCUT2D eigenvalue weighted by Gasteiger charge is -2.55. The molecule has 0 bridgehead atoms. The normalized spacial score (nSPS) is 32.2. The summed E-state index contributed by atoms with van der Waals surface area (Å²) in [4.78, 5) is 26.5. The summed E-state index contributed by atoms with van der Waals surface area (Å²) in [6.07, 6.45) is 4.86. The van der Waals surface area contributed by atoms with Gasteiger partial charge in [0.25, 0.3) is 0 Å². The van der Waals surface area contributed by atoms with Crippen molar-refractivity contribution in [2.75, 3.05) is 32.9 Å². The van der Waals surface area contributed by atoms with Crippen LogP contribution in [0.15, 0.2) is 18.2 Å². The molecule has 1 spiro atoms. The first-order chi connectivity index (χ1) is 16.8. The molecular formula is C27H37NO7. The number of carboxylic acid groups (broad SMARTS) is 1. The van der Waals surface area contributed by atoms with Crippen LogP contribution in [0.2, 0.25) is 0 Å². The topological polar surface area (TPSA) is 94.5 Å². The zero-order valence-electron chi connectivity index (χ0n) is 20.8. The summed E-state index contributed by atoms with van der Waals surface area (Å²) in [5.41, 5.74) is -0.465. The van der Waals surface area contributed by atoms with Crippen molar-refractivity contribution in [2.45, 2.75) is 76.1 Å². The number of morpholine rings is 1. The largest absolute Gasteiger partial charge is 0.490 e. The van der Waals surface area contributed by atoms with Crippen LogP contribution in [0.3, 0.4) is 0 Å². The molecule has 8 nitrogen and oxygen atoms in total. The molecule has 35 heavy (non-hydrogen) atoms. The lowest BCUT2D eigenvalue weighted by Crippen LogP contribution is -2.62. The minimum absolute atomic E-state index is 0.00822. The molecule has 2 saturated heterocycles. The number of hydrogen-bond acceptors (Lipinski definition) is 6. The molecule has 1 N–H and O–H groups in total. The second-order valence-electron chi connectivity index (χ2n) is 10.8. The molecule has 4 aliphatic rings. The Morgan fingerprint density at radius 2 is 2.11 bits per heavy atom. The van der Waals surface area contributed by atoms with Gasteiger partial charge in [0.15, 0.2) is 11.5 Å². The van der Waals surface area contributed by atoms with Crippen LogP contribution in [0.5, 0.6) is 11.5 Å². The molecule has 8 heteroatoms. The molecule has 1 aromatic rings. The molecule has 0 aromatic heterocycles. The van der Waals surface area contributed by atoms with E-state index in [1.165, 1.54) is 6.42 Å². The highest BCUT2D eigenvalue weighted by Gasteiger charge is 2.56. The van der Waals surface area contributed by atoms with E-state index in [0.29, 0.717) is 69.6 Å². The zero-order chi connectivity index (χ0) is 24.6. The third-order valence-corrected chi connectivity index (χ3v) is 8.34. The number of hydrogen-bond donors (Lipinski definition) is 1. The second kappa shape index (κ2) is 9.62. The van der Waals surface area contributed by atoms with Gasteiger partial charge in [0.2, 0.25) is 5.91 Å². The number of nitrogens with zero attached hydrogens (tertiary/aromatic N) is 1. The maximum atomic E-state index is 13.0. The Morgan fingerprint density at radius 1 is 1.29 bits per heavy atom. The van der Waals surface area contributed by atoms with Gasteiger partial charge in [-0.1, -0.05) is 18.6 Å². The van der Waals surface area contributed by atoms with E-state index in [9.17, 15) is 14.7 Å². The SMILES string of the molecule is CCOc1cccc2c1O[C@](C)(CCC(=O)O)[C@H]1C[C@]3(CO[C@H]21)CN(C(=O)CC1CCC1)CCO3. The van der Waals surface area contributed by atoms with E-state index in [-0.39, 0.29) is 24.3 Å². The van der Waals surface area contributed by atoms with Gasteiger partial charge in [-0.15, -0.1) is 0 Å². The van der Waals surface area contributed by atoms with Gasteiger partial charge < -0.3 is 29.0 Å². The molecule has 1 amide bonds. The van der Waals surface area contributed by atoms with Crippen molar-refractivity contribution in [2.24, 2.45) is 11.8 Å². The first-order valence-corrected chi connectivity index (χ1v) is 13.0. The maximum absolute atomic E-state index is 13.0. The van der Waals surface area contributed by atoms with E-state index in [4.69, 9.17) is 18.9 Å². The van der Waals surface area contributed by atoms with Gasteiger partial charge >= 0.3 is 5.97 Å². The van der Waals surface area contributed by atoms with Gasteiger partial charge in [-0.05, 0) is 51.5 Å². The molecule has 5 rings (SSSR count). The highest BCUT2D eigenvalue weighted by molar-refractivity contribution is 5.76. The number of benzene rings is 1. The van der Waals surface area contributed by atoms with E-state index in [2.05, 4.69) is 0 Å². The molecule has 0 unspecified atom stereocenters. The first-order valence-electron chi connectivity index (χ1n) is 13.0. The molecule has 192 valence electrons. The highest BCUT2D eigenvalue weighted by Crippen LogP contribution is 2.55. The van der Waals surface area contributed by atoms with Gasteiger partial charge in [0.1, 0.15) is 11.2 Å². The minimum Gasteiger partial charge on any atom is -0.490 e. The Balaban J connectivity index is 1.41. The molecule has 1 aliphatic carbocycles. The Morgan fingerprint density at radius 3 is 2.83 bits per heavy atom. The number of para-hydroxylation sites is 1. The Hall–Kier alpha value is -2.32. The summed E-state index contributed by atoms with van der Waals surface area (Å²) >= 11 is 0. The Labute approximate surface area is 206 Å². The first kappa shape index (κ1) is 24.4. The Bertz CT molecular complexity index is 963. The van der Waals surface area contributed by atoms with Crippen LogP contribution in [0.25, 0.3) is 0 Å². The lowest BCUT2D eigenvalue weighted by atomic mass is 9.69. The van der Waals surface area contributed by atoms with E-state index in [1.807, 2.05) is 36.9 Å². The van der Waals surface area contributed by atoms with Crippen LogP contribution in [0, 0.1) is 11.8 Å². The van der Waals surface area contributed by atoms with E-state index >= 15 is 0 Å². The van der Waals surface area contributed by atoms with Crippen LogP contribution in [0.4, 0.5) is 0 Å². The van der Waals surface area contributed by atoms with Gasteiger partial charge in [-0.25, -0.2) is 0 Å². The van der Waals surface area contributed by atoms with Gasteiger partial charge in [-0.2, -0.15) is 0 Å². The van der Waals surface area contributed by atoms with Crippen molar-refractivity contribution >= 4 is 11.9 Å². The van der Waals surface area contributed by atoms with Crippen LogP contribution < -0.4 is 9.47 Å². The fourth-order valence-corrected chi connectivity index (χ4v) is 6.14. The fraction of sp³-hybridized carbons (Fsp3) is 0.704. The number of ether oxygens (including phenoxy) is 4. The third-order valence-electron chi connectivity index (χ3n) is 8.34. The molecule has 3 aliphatic heterocycles. The van der Waals surface area contributed by atoms with E-state index in [1.54, 1.807) is 0 Å². The number of fused-ring (bicyclic) bond motifs is 3. The average molecular weight is 488 g/mol. The van der Waals surface area contributed by atoms with Crippen LogP contribution in [-0.4, -0.2) is 66.0 Å². The van der Waals surface area contributed by atoms with Crippen molar-refractivity contribution < 1.29 is 33.6 Å². The van der Waals surface area contributed by atoms with Crippen LogP contribution >= 0.6 is 0 Å². The Kier molecular flexibility index (Phi) is 6.70. The minimum atomic E-state index is -0.858. The van der Waals surface area contributed by atoms with E-state index < -0.39 is 17.2 Å². The number of carbonyl (C=O) groups excluding carboxylic acids is 1. The molecule has 1 aromatic carbocycles. The third kappa shape index (κ3) is 4.75. The van der Waals surface area contributed by atoms with Gasteiger partial charge in [0.05, 0.1) is 32.5 Å². The summed E-state index contributed by atoms with van der Waals surface area (Å²) in [7, 11) is 0. The summed E-state index contributed by atoms with van der Waals surface area (Å²) < 4.78 is 25.3. The van der Waals surface area contributed by atoms with Crippen molar-refractivity contribution in [3.8, 4) is 11.5 Å². The molecule has 4 atom stereocenters. The number of amides is 1. The summed E-state index contributed by atoms with van der Waals surface area (Å²) in [6.45, 7) is 6.38. The summed E-state index contributed by atoms with van der Waals surface area (Å²) in [6, 6.07) is 5.82. The smallest absolute Gasteiger partial charge is 0.303 e. The molecule has 3 heterocycles. The fourth-order valence-electron chi connectivity index (χ4n) is 6.14. The predicted molar refractivity (Wildman–Crippen MR) is 128 cm³/mol. The average Bonchev–Trinajstić information content (AvgIpc) is 2.81. The molecule has 1 saturated carbocycles. The zero-order valence-corrected chi connectivity index (χ0v) is 20.8. The highest BCUT2D eigenvalue weighted by atomic mass is 16.6. The van der Waals surface area contributed by atoms with Gasteiger partial charge in [0, 0.05) is 30.9 Å². The maximum Gasteiger partial charge on any atom is 0.303 e. The van der Waals surface area contributed by atoms with Crippen molar-refractivity contribution in [3.05, 3.63) is 23.8 Å². The van der Waals surface area contributed by atoms with Crippen LogP contribution in [-0.2, 0) is 19.1 Å². The van der Waals surface area contributed by atoms with Gasteiger partial charge in [-0.3, -0.25) is 9.59 Å². The number of rotatable bonds is 7. The number of aliphatic carboxylic acids is 1. The summed E-state index contributed by atoms with van der Waals surface area (Å²) in [5, 5.41) is 9.44. The van der Waals surface area contributed by atoms with Crippen molar-refractivity contribution in [1.29, 1.82) is 0 Å². The monoisotopic (exact) mass is 487 g/mol. The molecule has 0 radical (unpaired) electrons. The van der Waals surface area contributed by atoms with Crippen molar-refractivity contribution in [3.63, 3.8) is 0 Å². The second-order valence-corrected chi connectivity index (χ2v) is 10.8. The van der Waals surface area contributed by atoms with E-state index in [0.717, 1.165) is 18.4 Å². The number of carboxylic acids is 1. The standard InChI is InChI=1S/C27H37NO7/c1-3-32-21-9-5-8-19-24-20(26(2,35-25(19)21)11-10-23(30)31)15-27(17-33-24)16-28(12-13-34-27)22(29)14-18-6-4-7-18/h5,8-9,18,20,24H,3-4,6-7,10-17H2,1-2H3,(H,30,31)/t20-,24+,26+,27+/m0/s1. The quantitative estimate of drug-likeness (QED) is 0.622. The molecular weight excluding hydrogens is 450 g/mol. The predicted octanol–water partition coefficient (Wildman–Crippen LogP) is 3.97.